The number of H-pyrrole nitrogens is 1. The summed E-state index contributed by atoms with van der Waals surface area (Å²) < 4.78 is 0. The first-order valence-corrected chi connectivity index (χ1v) is 17.0. The van der Waals surface area contributed by atoms with Crippen LogP contribution in [-0.4, -0.2) is 116 Å². The van der Waals surface area contributed by atoms with Gasteiger partial charge in [0, 0.05) is 19.0 Å². The molecule has 5 amide bonds. The zero-order valence-corrected chi connectivity index (χ0v) is 29.8. The minimum Gasteiger partial charge on any atom is -0.481 e. The van der Waals surface area contributed by atoms with Gasteiger partial charge in [0.2, 0.25) is 29.5 Å². The molecule has 19 heteroatoms. The van der Waals surface area contributed by atoms with Crippen LogP contribution in [0.5, 0.6) is 0 Å². The Labute approximate surface area is 296 Å². The van der Waals surface area contributed by atoms with Gasteiger partial charge in [0.15, 0.2) is 0 Å². The number of aromatic amines is 1. The molecule has 0 saturated carbocycles. The first-order chi connectivity index (χ1) is 23.9. The number of aliphatic hydroxyl groups is 1. The molecule has 0 radical (unpaired) electrons. The first kappa shape index (κ1) is 44.4. The van der Waals surface area contributed by atoms with Gasteiger partial charge in [-0.25, -0.2) is 9.78 Å². The van der Waals surface area contributed by atoms with Gasteiger partial charge in [0.25, 0.3) is 0 Å². The Morgan fingerprint density at radius 1 is 0.765 bits per heavy atom. The Morgan fingerprint density at radius 2 is 1.33 bits per heavy atom. The highest BCUT2D eigenvalue weighted by Gasteiger charge is 2.35. The molecule has 0 aliphatic rings. The van der Waals surface area contributed by atoms with Gasteiger partial charge in [-0.15, -0.1) is 0 Å². The molecule has 1 aromatic heterocycles. The third kappa shape index (κ3) is 16.3. The maximum absolute atomic E-state index is 13.6. The molecule has 0 aliphatic heterocycles. The lowest BCUT2D eigenvalue weighted by Crippen LogP contribution is -2.61. The number of imidazole rings is 1. The number of carbonyl (C=O) groups excluding carboxylic acids is 5. The molecule has 0 bridgehead atoms. The van der Waals surface area contributed by atoms with Crippen LogP contribution in [0.3, 0.4) is 0 Å². The summed E-state index contributed by atoms with van der Waals surface area (Å²) in [5.41, 5.74) is 11.9. The summed E-state index contributed by atoms with van der Waals surface area (Å²) >= 11 is 0. The van der Waals surface area contributed by atoms with Crippen molar-refractivity contribution in [2.75, 3.05) is 6.54 Å². The number of amides is 5. The van der Waals surface area contributed by atoms with E-state index < -0.39 is 96.7 Å². The summed E-state index contributed by atoms with van der Waals surface area (Å²) in [5.74, 6) is -7.30. The predicted molar refractivity (Wildman–Crippen MR) is 183 cm³/mol. The zero-order chi connectivity index (χ0) is 38.8. The molecule has 0 saturated heterocycles. The Kier molecular flexibility index (Phi) is 19.4. The van der Waals surface area contributed by atoms with Crippen LogP contribution < -0.4 is 38.1 Å². The van der Waals surface area contributed by atoms with Crippen LogP contribution in [0.15, 0.2) is 12.5 Å². The highest BCUT2D eigenvalue weighted by Crippen LogP contribution is 2.10. The normalized spacial score (nSPS) is 15.4. The average molecular weight is 726 g/mol. The summed E-state index contributed by atoms with van der Waals surface area (Å²) in [6, 6.07) is -7.96. The van der Waals surface area contributed by atoms with Crippen molar-refractivity contribution in [3.63, 3.8) is 0 Å². The smallest absolute Gasteiger partial charge is 0.326 e. The summed E-state index contributed by atoms with van der Waals surface area (Å²) in [4.78, 5) is 96.4. The third-order valence-corrected chi connectivity index (χ3v) is 7.87. The maximum Gasteiger partial charge on any atom is 0.326 e. The number of nitrogens with one attached hydrogen (secondary N) is 6. The highest BCUT2D eigenvalue weighted by atomic mass is 16.4. The number of carbonyl (C=O) groups is 7. The molecule has 0 spiro atoms. The summed E-state index contributed by atoms with van der Waals surface area (Å²) in [6.07, 6.45) is 1.32. The van der Waals surface area contributed by atoms with Crippen LogP contribution in [0.1, 0.15) is 78.8 Å². The molecule has 0 aliphatic carbocycles. The number of hydrogen-bond donors (Lipinski definition) is 11. The lowest BCUT2D eigenvalue weighted by atomic mass is 10.0. The molecule has 51 heavy (non-hydrogen) atoms. The zero-order valence-electron chi connectivity index (χ0n) is 29.8. The van der Waals surface area contributed by atoms with Crippen molar-refractivity contribution < 1.29 is 48.9 Å². The van der Waals surface area contributed by atoms with E-state index in [4.69, 9.17) is 11.5 Å². The van der Waals surface area contributed by atoms with E-state index in [0.717, 1.165) is 0 Å². The molecule has 7 unspecified atom stereocenters. The van der Waals surface area contributed by atoms with E-state index >= 15 is 0 Å². The minimum absolute atomic E-state index is 0.0317. The number of nitrogens with two attached hydrogens (primary N) is 2. The predicted octanol–water partition coefficient (Wildman–Crippen LogP) is -2.14. The van der Waals surface area contributed by atoms with Crippen LogP contribution in [-0.2, 0) is 40.0 Å². The fourth-order valence-electron chi connectivity index (χ4n) is 4.85. The quantitative estimate of drug-likeness (QED) is 0.0508. The van der Waals surface area contributed by atoms with Gasteiger partial charge in [0.1, 0.15) is 30.2 Å². The SMILES string of the molecule is CC(C)CC(NC(=O)C(Cc1c[nH]cn1)NC(=O)C(N)C(C)C)C(=O)NC(C(=O)NC(CCC(=O)O)C(=O)NC(CCCCN)C(=O)O)C(C)O. The third-order valence-electron chi connectivity index (χ3n) is 7.87. The van der Waals surface area contributed by atoms with E-state index in [1.54, 1.807) is 27.7 Å². The van der Waals surface area contributed by atoms with Crippen LogP contribution in [0.25, 0.3) is 0 Å². The van der Waals surface area contributed by atoms with E-state index in [0.29, 0.717) is 25.1 Å². The van der Waals surface area contributed by atoms with Crippen LogP contribution >= 0.6 is 0 Å². The number of hydrogen-bond acceptors (Lipinski definition) is 11. The molecule has 13 N–H and O–H groups in total. The van der Waals surface area contributed by atoms with Crippen LogP contribution in [0, 0.1) is 11.8 Å². The molecular weight excluding hydrogens is 670 g/mol. The van der Waals surface area contributed by atoms with Gasteiger partial charge in [-0.3, -0.25) is 28.8 Å². The largest absolute Gasteiger partial charge is 0.481 e. The molecule has 1 aromatic rings. The maximum atomic E-state index is 13.6. The number of rotatable bonds is 24. The number of aromatic nitrogens is 2. The van der Waals surface area contributed by atoms with Crippen molar-refractivity contribution in [2.45, 2.75) is 122 Å². The van der Waals surface area contributed by atoms with Crippen molar-refractivity contribution in [3.05, 3.63) is 18.2 Å². The number of unbranched alkanes of at least 4 members (excludes halogenated alkanes) is 1. The van der Waals surface area contributed by atoms with Gasteiger partial charge >= 0.3 is 11.9 Å². The van der Waals surface area contributed by atoms with E-state index in [1.807, 2.05) is 0 Å². The summed E-state index contributed by atoms with van der Waals surface area (Å²) in [6.45, 7) is 8.54. The van der Waals surface area contributed by atoms with Crippen molar-refractivity contribution in [1.29, 1.82) is 0 Å². The second kappa shape index (κ2) is 22.3. The standard InChI is InChI=1S/C32H55N9O10/c1-16(2)12-22(39-28(46)23(13-19-14-35-15-36-19)40-30(48)25(34)17(3)4)29(47)41-26(18(5)42)31(49)37-20(9-10-24(43)44)27(45)38-21(32(50)51)8-6-7-11-33/h14-18,20-23,25-26,42H,6-13,33-34H2,1-5H3,(H,35,36)(H,37,49)(H,38,45)(H,39,46)(H,40,48)(H,41,47)(H,43,44)(H,50,51). The minimum atomic E-state index is -1.69. The molecule has 7 atom stereocenters. The van der Waals surface area contributed by atoms with Crippen LogP contribution in [0.4, 0.5) is 0 Å². The number of aliphatic carboxylic acids is 2. The van der Waals surface area contributed by atoms with Crippen molar-refractivity contribution in [2.24, 2.45) is 23.3 Å². The summed E-state index contributed by atoms with van der Waals surface area (Å²) in [5, 5.41) is 41.5. The number of carboxylic acid groups (broad SMARTS) is 2. The molecular formula is C32H55N9O10. The molecule has 0 fully saturated rings. The van der Waals surface area contributed by atoms with E-state index in [1.165, 1.54) is 19.4 Å². The molecule has 0 aromatic carbocycles. The Bertz CT molecular complexity index is 1310. The average Bonchev–Trinajstić information content (AvgIpc) is 3.56. The fraction of sp³-hybridized carbons (Fsp3) is 0.688. The number of aliphatic hydroxyl groups excluding tert-OH is 1. The summed E-state index contributed by atoms with van der Waals surface area (Å²) in [7, 11) is 0. The monoisotopic (exact) mass is 725 g/mol. The first-order valence-electron chi connectivity index (χ1n) is 17.0. The van der Waals surface area contributed by atoms with Gasteiger partial charge < -0.3 is 58.4 Å². The van der Waals surface area contributed by atoms with E-state index in [9.17, 15) is 48.9 Å². The number of nitrogens with zero attached hydrogens (tertiary/aromatic N) is 1. The lowest BCUT2D eigenvalue weighted by molar-refractivity contribution is -0.143. The topological polar surface area (TPSA) is 321 Å². The van der Waals surface area contributed by atoms with Crippen molar-refractivity contribution in [1.82, 2.24) is 36.6 Å². The van der Waals surface area contributed by atoms with Gasteiger partial charge in [-0.05, 0) is 57.4 Å². The second-order valence-electron chi connectivity index (χ2n) is 13.2. The Balaban J connectivity index is 3.23. The van der Waals surface area contributed by atoms with Gasteiger partial charge in [0.05, 0.1) is 24.2 Å². The lowest BCUT2D eigenvalue weighted by Gasteiger charge is -2.28. The molecule has 19 nitrogen and oxygen atoms in total. The van der Waals surface area contributed by atoms with Crippen LogP contribution in [0.2, 0.25) is 0 Å². The van der Waals surface area contributed by atoms with E-state index in [-0.39, 0.29) is 31.1 Å². The number of carboxylic acids is 2. The van der Waals surface area contributed by atoms with Gasteiger partial charge in [-0.1, -0.05) is 27.7 Å². The Morgan fingerprint density at radius 3 is 1.84 bits per heavy atom. The van der Waals surface area contributed by atoms with Crippen molar-refractivity contribution in [3.8, 4) is 0 Å². The molecule has 1 heterocycles. The second-order valence-corrected chi connectivity index (χ2v) is 13.2. The molecule has 288 valence electrons. The van der Waals surface area contributed by atoms with Crippen molar-refractivity contribution >= 4 is 41.5 Å². The highest BCUT2D eigenvalue weighted by molar-refractivity contribution is 5.96. The molecule has 1 rings (SSSR count). The van der Waals surface area contributed by atoms with Gasteiger partial charge in [-0.2, -0.15) is 0 Å². The Hall–Kier alpha value is -4.62. The fourth-order valence-corrected chi connectivity index (χ4v) is 4.85. The van der Waals surface area contributed by atoms with E-state index in [2.05, 4.69) is 36.6 Å².